The summed E-state index contributed by atoms with van der Waals surface area (Å²) in [6.45, 7) is 9.86. The number of nitrogens with zero attached hydrogens (tertiary/aromatic N) is 2. The number of hydrogen-bond acceptors (Lipinski definition) is 5. The van der Waals surface area contributed by atoms with Crippen LogP contribution >= 0.6 is 0 Å². The third-order valence-electron chi connectivity index (χ3n) is 7.63. The van der Waals surface area contributed by atoms with Crippen molar-refractivity contribution in [2.45, 2.75) is 59.1 Å². The zero-order chi connectivity index (χ0) is 27.4. The Bertz CT molecular complexity index is 1290. The van der Waals surface area contributed by atoms with Crippen LogP contribution in [0.5, 0.6) is 11.6 Å². The van der Waals surface area contributed by atoms with E-state index >= 15 is 4.39 Å². The molecule has 3 aromatic rings. The predicted octanol–water partition coefficient (Wildman–Crippen LogP) is 6.63. The minimum atomic E-state index is -0.806. The van der Waals surface area contributed by atoms with Gasteiger partial charge in [-0.2, -0.15) is 0 Å². The highest BCUT2D eigenvalue weighted by Crippen LogP contribution is 2.40. The SMILES string of the molecule is CCN(CC)C(C)c1cc([C@@H]2CCc3ccc(CC(C)C(=O)O)cc3O2)ccc1-c1cc(OC)ncc1F. The number of aryl methyl sites for hydroxylation is 1. The molecule has 1 N–H and O–H groups in total. The molecule has 6 nitrogen and oxygen atoms in total. The molecule has 0 radical (unpaired) electrons. The van der Waals surface area contributed by atoms with Crippen LogP contribution in [0, 0.1) is 11.7 Å². The Hall–Kier alpha value is -3.45. The summed E-state index contributed by atoms with van der Waals surface area (Å²) in [6.07, 6.45) is 3.21. The number of hydrogen-bond donors (Lipinski definition) is 1. The van der Waals surface area contributed by atoms with E-state index in [2.05, 4.69) is 36.7 Å². The molecule has 0 bridgehead atoms. The number of aromatic nitrogens is 1. The van der Waals surface area contributed by atoms with Crippen molar-refractivity contribution in [3.63, 3.8) is 0 Å². The molecule has 2 heterocycles. The van der Waals surface area contributed by atoms with E-state index in [-0.39, 0.29) is 12.1 Å². The number of carboxylic acid groups (broad SMARTS) is 1. The number of rotatable bonds is 10. The quantitative estimate of drug-likeness (QED) is 0.324. The van der Waals surface area contributed by atoms with Crippen molar-refractivity contribution in [1.29, 1.82) is 0 Å². The summed E-state index contributed by atoms with van der Waals surface area (Å²) in [4.78, 5) is 17.7. The first-order chi connectivity index (χ1) is 18.2. The third kappa shape index (κ3) is 5.83. The number of ether oxygens (including phenoxy) is 2. The third-order valence-corrected chi connectivity index (χ3v) is 7.63. The summed E-state index contributed by atoms with van der Waals surface area (Å²) >= 11 is 0. The fraction of sp³-hybridized carbons (Fsp3) is 0.419. The second-order valence-corrected chi connectivity index (χ2v) is 9.98. The van der Waals surface area contributed by atoms with Crippen LogP contribution in [0.25, 0.3) is 11.1 Å². The number of aliphatic carboxylic acids is 1. The molecule has 2 aromatic carbocycles. The zero-order valence-electron chi connectivity index (χ0n) is 22.8. The van der Waals surface area contributed by atoms with Crippen LogP contribution in [-0.4, -0.2) is 41.2 Å². The van der Waals surface area contributed by atoms with Crippen molar-refractivity contribution < 1.29 is 23.8 Å². The van der Waals surface area contributed by atoms with E-state index < -0.39 is 17.7 Å². The van der Waals surface area contributed by atoms with Crippen LogP contribution in [0.1, 0.15) is 68.5 Å². The van der Waals surface area contributed by atoms with Crippen LogP contribution in [0.4, 0.5) is 4.39 Å². The predicted molar refractivity (Wildman–Crippen MR) is 146 cm³/mol. The number of pyridine rings is 1. The molecule has 202 valence electrons. The van der Waals surface area contributed by atoms with E-state index in [0.29, 0.717) is 17.9 Å². The van der Waals surface area contributed by atoms with E-state index in [1.807, 2.05) is 30.3 Å². The highest BCUT2D eigenvalue weighted by molar-refractivity contribution is 5.70. The maximum Gasteiger partial charge on any atom is 0.306 e. The van der Waals surface area contributed by atoms with Gasteiger partial charge in [0, 0.05) is 17.7 Å². The Kier molecular flexibility index (Phi) is 8.67. The van der Waals surface area contributed by atoms with Gasteiger partial charge in [-0.05, 0) is 79.2 Å². The molecule has 0 fully saturated rings. The van der Waals surface area contributed by atoms with Crippen LogP contribution in [0.3, 0.4) is 0 Å². The smallest absolute Gasteiger partial charge is 0.306 e. The summed E-state index contributed by atoms with van der Waals surface area (Å²) in [6, 6.07) is 13.9. The molecular formula is C31H37FN2O4. The molecule has 1 aromatic heterocycles. The van der Waals surface area contributed by atoms with Gasteiger partial charge in [-0.3, -0.25) is 9.69 Å². The van der Waals surface area contributed by atoms with Gasteiger partial charge in [0.05, 0.1) is 19.2 Å². The normalized spacial score (nSPS) is 16.4. The molecule has 0 spiro atoms. The first-order valence-electron chi connectivity index (χ1n) is 13.3. The maximum absolute atomic E-state index is 15.0. The Labute approximate surface area is 224 Å². The minimum Gasteiger partial charge on any atom is -0.485 e. The number of methoxy groups -OCH3 is 1. The number of benzene rings is 2. The lowest BCUT2D eigenvalue weighted by Gasteiger charge is -2.31. The highest BCUT2D eigenvalue weighted by Gasteiger charge is 2.26. The molecule has 7 heteroatoms. The summed E-state index contributed by atoms with van der Waals surface area (Å²) in [5.74, 6) is -0.482. The Morgan fingerprint density at radius 3 is 2.61 bits per heavy atom. The summed E-state index contributed by atoms with van der Waals surface area (Å²) in [7, 11) is 1.53. The molecule has 1 aliphatic heterocycles. The van der Waals surface area contributed by atoms with Crippen molar-refractivity contribution in [2.24, 2.45) is 5.92 Å². The molecule has 0 saturated heterocycles. The number of fused-ring (bicyclic) bond motifs is 1. The van der Waals surface area contributed by atoms with Gasteiger partial charge in [-0.25, -0.2) is 9.37 Å². The average molecular weight is 521 g/mol. The summed E-state index contributed by atoms with van der Waals surface area (Å²) in [5, 5.41) is 9.30. The van der Waals surface area contributed by atoms with Crippen LogP contribution in [0.2, 0.25) is 0 Å². The fourth-order valence-electron chi connectivity index (χ4n) is 5.29. The van der Waals surface area contributed by atoms with E-state index in [4.69, 9.17) is 9.47 Å². The molecular weight excluding hydrogens is 483 g/mol. The van der Waals surface area contributed by atoms with Gasteiger partial charge in [0.15, 0.2) is 0 Å². The van der Waals surface area contributed by atoms with E-state index in [1.54, 1.807) is 13.0 Å². The zero-order valence-corrected chi connectivity index (χ0v) is 22.8. The molecule has 38 heavy (non-hydrogen) atoms. The molecule has 0 aliphatic carbocycles. The number of halogens is 1. The minimum absolute atomic E-state index is 0.0542. The van der Waals surface area contributed by atoms with Gasteiger partial charge in [0.1, 0.15) is 17.7 Å². The Morgan fingerprint density at radius 2 is 1.92 bits per heavy atom. The van der Waals surface area contributed by atoms with E-state index in [9.17, 15) is 9.90 Å². The van der Waals surface area contributed by atoms with Gasteiger partial charge >= 0.3 is 5.97 Å². The van der Waals surface area contributed by atoms with Gasteiger partial charge in [-0.15, -0.1) is 0 Å². The van der Waals surface area contributed by atoms with E-state index in [1.165, 1.54) is 13.3 Å². The lowest BCUT2D eigenvalue weighted by atomic mass is 9.89. The Balaban J connectivity index is 1.71. The van der Waals surface area contributed by atoms with Gasteiger partial charge in [-0.1, -0.05) is 45.0 Å². The second kappa shape index (κ2) is 11.9. The van der Waals surface area contributed by atoms with E-state index in [0.717, 1.165) is 59.5 Å². The molecule has 0 amide bonds. The number of carbonyl (C=O) groups is 1. The summed E-state index contributed by atoms with van der Waals surface area (Å²) in [5.41, 5.74) is 5.42. The van der Waals surface area contributed by atoms with Crippen LogP contribution < -0.4 is 9.47 Å². The first-order valence-corrected chi connectivity index (χ1v) is 13.3. The Morgan fingerprint density at radius 1 is 1.16 bits per heavy atom. The highest BCUT2D eigenvalue weighted by atomic mass is 19.1. The number of carboxylic acids is 1. The average Bonchev–Trinajstić information content (AvgIpc) is 2.93. The summed E-state index contributed by atoms with van der Waals surface area (Å²) < 4.78 is 26.8. The van der Waals surface area contributed by atoms with Gasteiger partial charge < -0.3 is 14.6 Å². The molecule has 1 aliphatic rings. The molecule has 2 unspecified atom stereocenters. The monoisotopic (exact) mass is 520 g/mol. The van der Waals surface area contributed by atoms with Crippen molar-refractivity contribution in [3.05, 3.63) is 76.7 Å². The molecule has 0 saturated carbocycles. The lowest BCUT2D eigenvalue weighted by Crippen LogP contribution is -2.27. The molecule has 3 atom stereocenters. The fourth-order valence-corrected chi connectivity index (χ4v) is 5.29. The van der Waals surface area contributed by atoms with Crippen molar-refractivity contribution in [3.8, 4) is 22.8 Å². The van der Waals surface area contributed by atoms with Crippen LogP contribution in [-0.2, 0) is 17.6 Å². The van der Waals surface area contributed by atoms with Crippen molar-refractivity contribution >= 4 is 5.97 Å². The largest absolute Gasteiger partial charge is 0.485 e. The lowest BCUT2D eigenvalue weighted by molar-refractivity contribution is -0.141. The molecule has 4 rings (SSSR count). The van der Waals surface area contributed by atoms with Crippen molar-refractivity contribution in [2.75, 3.05) is 20.2 Å². The standard InChI is InChI=1S/C31H37FN2O4/c1-6-34(7-2)20(4)25-16-23(10-12-24(25)26-17-30(37-5)33-18-27(26)32)28-13-11-22-9-8-21(15-29(22)38-28)14-19(3)31(35)36/h8-10,12,15-20,28H,6-7,11,13-14H2,1-5H3,(H,35,36)/t19?,20?,28-/m0/s1. The first kappa shape index (κ1) is 27.6. The van der Waals surface area contributed by atoms with Crippen molar-refractivity contribution in [1.82, 2.24) is 9.88 Å². The maximum atomic E-state index is 15.0. The van der Waals surface area contributed by atoms with Crippen LogP contribution in [0.15, 0.2) is 48.7 Å². The second-order valence-electron chi connectivity index (χ2n) is 9.98. The van der Waals surface area contributed by atoms with Gasteiger partial charge in [0.25, 0.3) is 0 Å². The topological polar surface area (TPSA) is 71.9 Å². The van der Waals surface area contributed by atoms with Gasteiger partial charge in [0.2, 0.25) is 5.88 Å².